The third kappa shape index (κ3) is 3.47. The van der Waals surface area contributed by atoms with E-state index in [1.54, 1.807) is 13.0 Å². The van der Waals surface area contributed by atoms with Crippen molar-refractivity contribution < 1.29 is 9.72 Å². The summed E-state index contributed by atoms with van der Waals surface area (Å²) in [7, 11) is 0. The summed E-state index contributed by atoms with van der Waals surface area (Å²) < 4.78 is 0.378. The lowest BCUT2D eigenvalue weighted by Crippen LogP contribution is -2.32. The first kappa shape index (κ1) is 20.2. The predicted molar refractivity (Wildman–Crippen MR) is 110 cm³/mol. The molecule has 0 amide bonds. The van der Waals surface area contributed by atoms with Crippen LogP contribution in [0.5, 0.6) is 0 Å². The number of aliphatic imine (C=N–C) groups is 1. The molecule has 3 atom stereocenters. The normalized spacial score (nSPS) is 24.4. The molecule has 1 aliphatic heterocycles. The lowest BCUT2D eigenvalue weighted by Gasteiger charge is -2.35. The standard InChI is InChI=1S/C20H21BrN4O3/c1-3-4-11-5-15-19(17(26)6-11)18(13(9-22)10(2)24-15)12-7-14(21)20(23)16(8-12)25(27)28/h7-8,11,13,18H,3-6,23H2,1-2H3. The largest absolute Gasteiger partial charge is 0.392 e. The van der Waals surface area contributed by atoms with E-state index in [9.17, 15) is 20.2 Å². The third-order valence-electron chi connectivity index (χ3n) is 5.49. The molecule has 1 aromatic rings. The number of ketones is 1. The van der Waals surface area contributed by atoms with Gasteiger partial charge in [0.05, 0.1) is 16.9 Å². The van der Waals surface area contributed by atoms with E-state index in [4.69, 9.17) is 5.73 Å². The highest BCUT2D eigenvalue weighted by Gasteiger charge is 2.41. The van der Waals surface area contributed by atoms with Crippen LogP contribution in [-0.4, -0.2) is 16.4 Å². The van der Waals surface area contributed by atoms with Crippen LogP contribution in [0.25, 0.3) is 0 Å². The van der Waals surface area contributed by atoms with Crippen LogP contribution in [0.1, 0.15) is 51.0 Å². The number of halogens is 1. The molecule has 1 aromatic carbocycles. The Labute approximate surface area is 171 Å². The number of rotatable bonds is 4. The van der Waals surface area contributed by atoms with Crippen LogP contribution in [-0.2, 0) is 4.79 Å². The molecule has 2 aliphatic rings. The zero-order valence-electron chi connectivity index (χ0n) is 15.7. The quantitative estimate of drug-likeness (QED) is 0.410. The number of carbonyl (C=O) groups excluding carboxylic acids is 1. The minimum Gasteiger partial charge on any atom is -0.392 e. The van der Waals surface area contributed by atoms with E-state index in [1.807, 2.05) is 0 Å². The van der Waals surface area contributed by atoms with Crippen LogP contribution < -0.4 is 5.73 Å². The van der Waals surface area contributed by atoms with Gasteiger partial charge in [-0.25, -0.2) is 0 Å². The fraction of sp³-hybridized carbons (Fsp3) is 0.450. The summed E-state index contributed by atoms with van der Waals surface area (Å²) in [6.45, 7) is 3.86. The van der Waals surface area contributed by atoms with Crippen LogP contribution in [0.3, 0.4) is 0 Å². The number of Topliss-reactive ketones (excluding diaryl/α,β-unsaturated/α-hetero) is 1. The van der Waals surface area contributed by atoms with E-state index in [1.165, 1.54) is 6.07 Å². The van der Waals surface area contributed by atoms with E-state index in [2.05, 4.69) is 33.9 Å². The van der Waals surface area contributed by atoms with Crippen molar-refractivity contribution in [2.75, 3.05) is 5.73 Å². The molecule has 0 saturated heterocycles. The van der Waals surface area contributed by atoms with Crippen molar-refractivity contribution in [3.8, 4) is 6.07 Å². The van der Waals surface area contributed by atoms with Crippen molar-refractivity contribution in [3.05, 3.63) is 43.6 Å². The molecular formula is C20H21BrN4O3. The summed E-state index contributed by atoms with van der Waals surface area (Å²) in [6, 6.07) is 5.29. The zero-order valence-corrected chi connectivity index (χ0v) is 17.3. The SMILES string of the molecule is CCCC1CC(=O)C2=C(C1)N=C(C)C(C#N)C2c1cc(Br)c(N)c([N+](=O)[O-])c1. The number of nitriles is 1. The Morgan fingerprint density at radius 3 is 2.75 bits per heavy atom. The molecule has 8 heteroatoms. The molecule has 0 bridgehead atoms. The van der Waals surface area contributed by atoms with E-state index >= 15 is 0 Å². The van der Waals surface area contributed by atoms with Gasteiger partial charge in [-0.3, -0.25) is 19.9 Å². The lowest BCUT2D eigenvalue weighted by atomic mass is 9.70. The number of benzene rings is 1. The summed E-state index contributed by atoms with van der Waals surface area (Å²) in [5.41, 5.74) is 8.02. The maximum atomic E-state index is 13.0. The Kier molecular flexibility index (Phi) is 5.66. The molecule has 0 radical (unpaired) electrons. The van der Waals surface area contributed by atoms with E-state index in [0.29, 0.717) is 34.2 Å². The molecule has 0 saturated carbocycles. The molecule has 3 rings (SSSR count). The Morgan fingerprint density at radius 2 is 2.14 bits per heavy atom. The van der Waals surface area contributed by atoms with Crippen molar-refractivity contribution in [1.29, 1.82) is 5.26 Å². The summed E-state index contributed by atoms with van der Waals surface area (Å²) in [6.07, 6.45) is 3.06. The highest BCUT2D eigenvalue weighted by Crippen LogP contribution is 2.46. The number of nitro benzene ring substituents is 1. The number of allylic oxidation sites excluding steroid dienone is 2. The molecule has 0 fully saturated rings. The second kappa shape index (κ2) is 7.84. The molecule has 1 aliphatic carbocycles. The minimum absolute atomic E-state index is 0.0169. The van der Waals surface area contributed by atoms with Gasteiger partial charge >= 0.3 is 0 Å². The maximum absolute atomic E-state index is 13.0. The van der Waals surface area contributed by atoms with Gasteiger partial charge in [0, 0.05) is 39.9 Å². The van der Waals surface area contributed by atoms with Crippen molar-refractivity contribution in [3.63, 3.8) is 0 Å². The van der Waals surface area contributed by atoms with Gasteiger partial charge in [-0.1, -0.05) is 13.3 Å². The van der Waals surface area contributed by atoms with Gasteiger partial charge in [-0.2, -0.15) is 5.26 Å². The van der Waals surface area contributed by atoms with E-state index < -0.39 is 16.8 Å². The second-order valence-electron chi connectivity index (χ2n) is 7.38. The third-order valence-corrected chi connectivity index (χ3v) is 6.15. The van der Waals surface area contributed by atoms with Crippen LogP contribution in [0.2, 0.25) is 0 Å². The fourth-order valence-electron chi connectivity index (χ4n) is 4.23. The summed E-state index contributed by atoms with van der Waals surface area (Å²) in [4.78, 5) is 28.5. The summed E-state index contributed by atoms with van der Waals surface area (Å²) in [5.74, 6) is -1.000. The molecule has 3 unspecified atom stereocenters. The van der Waals surface area contributed by atoms with Gasteiger partial charge in [0.25, 0.3) is 5.69 Å². The Balaban J connectivity index is 2.18. The van der Waals surface area contributed by atoms with E-state index in [0.717, 1.165) is 18.5 Å². The van der Waals surface area contributed by atoms with Crippen molar-refractivity contribution in [2.45, 2.75) is 45.4 Å². The van der Waals surface area contributed by atoms with Crippen molar-refractivity contribution in [2.24, 2.45) is 16.8 Å². The summed E-state index contributed by atoms with van der Waals surface area (Å²) >= 11 is 3.28. The van der Waals surface area contributed by atoms with Gasteiger partial charge in [-0.15, -0.1) is 0 Å². The predicted octanol–water partition coefficient (Wildman–Crippen LogP) is 4.67. The van der Waals surface area contributed by atoms with E-state index in [-0.39, 0.29) is 23.1 Å². The Hall–Kier alpha value is -2.53. The number of nitrogens with two attached hydrogens (primary N) is 1. The average Bonchev–Trinajstić information content (AvgIpc) is 2.62. The molecule has 0 spiro atoms. The molecule has 0 aromatic heterocycles. The topological polar surface area (TPSA) is 122 Å². The highest BCUT2D eigenvalue weighted by molar-refractivity contribution is 9.10. The summed E-state index contributed by atoms with van der Waals surface area (Å²) in [5, 5.41) is 21.2. The number of hydrogen-bond acceptors (Lipinski definition) is 6. The van der Waals surface area contributed by atoms with Crippen LogP contribution >= 0.6 is 15.9 Å². The molecule has 28 heavy (non-hydrogen) atoms. The van der Waals surface area contributed by atoms with Gasteiger partial charge in [0.2, 0.25) is 0 Å². The Bertz CT molecular complexity index is 961. The zero-order chi connectivity index (χ0) is 20.6. The van der Waals surface area contributed by atoms with Gasteiger partial charge in [-0.05, 0) is 53.2 Å². The second-order valence-corrected chi connectivity index (χ2v) is 8.23. The first-order valence-electron chi connectivity index (χ1n) is 9.22. The number of hydrogen-bond donors (Lipinski definition) is 1. The first-order valence-corrected chi connectivity index (χ1v) is 10.0. The van der Waals surface area contributed by atoms with Crippen molar-refractivity contribution >= 4 is 38.8 Å². The molecule has 2 N–H and O–H groups in total. The smallest absolute Gasteiger partial charge is 0.293 e. The molecule has 7 nitrogen and oxygen atoms in total. The fourth-order valence-corrected chi connectivity index (χ4v) is 4.70. The van der Waals surface area contributed by atoms with Crippen LogP contribution in [0, 0.1) is 33.3 Å². The monoisotopic (exact) mass is 444 g/mol. The molecule has 1 heterocycles. The minimum atomic E-state index is -0.652. The van der Waals surface area contributed by atoms with Crippen LogP contribution in [0.4, 0.5) is 11.4 Å². The van der Waals surface area contributed by atoms with Gasteiger partial charge in [0.15, 0.2) is 5.78 Å². The first-order chi connectivity index (χ1) is 13.3. The van der Waals surface area contributed by atoms with Crippen molar-refractivity contribution in [1.82, 2.24) is 0 Å². The number of anilines is 1. The van der Waals surface area contributed by atoms with Gasteiger partial charge < -0.3 is 5.73 Å². The average molecular weight is 445 g/mol. The van der Waals surface area contributed by atoms with Crippen LogP contribution in [0.15, 0.2) is 32.9 Å². The Morgan fingerprint density at radius 1 is 1.43 bits per heavy atom. The molecule has 146 valence electrons. The van der Waals surface area contributed by atoms with Gasteiger partial charge in [0.1, 0.15) is 5.69 Å². The lowest BCUT2D eigenvalue weighted by molar-refractivity contribution is -0.384. The number of nitro groups is 1. The number of nitrogen functional groups attached to an aromatic ring is 1. The number of nitrogens with zero attached hydrogens (tertiary/aromatic N) is 3. The highest BCUT2D eigenvalue weighted by atomic mass is 79.9. The number of carbonyl (C=O) groups is 1. The maximum Gasteiger partial charge on any atom is 0.293 e. The molecular weight excluding hydrogens is 424 g/mol.